The molecule has 2 aromatic rings. The SMILES string of the molecule is CN1CCc2c(sc3c2C(=O)NC(c2cccc(Cl)c2)N3)C1. The molecule has 1 aromatic heterocycles. The van der Waals surface area contributed by atoms with Gasteiger partial charge in [-0.1, -0.05) is 23.7 Å². The number of fused-ring (bicyclic) bond motifs is 3. The van der Waals surface area contributed by atoms with E-state index >= 15 is 0 Å². The van der Waals surface area contributed by atoms with Gasteiger partial charge in [-0.2, -0.15) is 0 Å². The lowest BCUT2D eigenvalue weighted by Gasteiger charge is -2.27. The Morgan fingerprint density at radius 3 is 3.05 bits per heavy atom. The number of benzene rings is 1. The maximum absolute atomic E-state index is 12.6. The van der Waals surface area contributed by atoms with Crippen LogP contribution in [0.15, 0.2) is 24.3 Å². The molecule has 0 aliphatic carbocycles. The number of thiophene rings is 1. The molecule has 0 bridgehead atoms. The Bertz CT molecular complexity index is 758. The predicted octanol–water partition coefficient (Wildman–Crippen LogP) is 3.24. The summed E-state index contributed by atoms with van der Waals surface area (Å²) < 4.78 is 0. The van der Waals surface area contributed by atoms with E-state index in [1.165, 1.54) is 10.4 Å². The molecule has 4 rings (SSSR count). The topological polar surface area (TPSA) is 44.4 Å². The van der Waals surface area contributed by atoms with Gasteiger partial charge in [0.05, 0.1) is 5.56 Å². The highest BCUT2D eigenvalue weighted by Crippen LogP contribution is 2.40. The summed E-state index contributed by atoms with van der Waals surface area (Å²) in [6.45, 7) is 1.92. The minimum atomic E-state index is -0.225. The maximum Gasteiger partial charge on any atom is 0.256 e. The number of hydrogen-bond donors (Lipinski definition) is 2. The highest BCUT2D eigenvalue weighted by Gasteiger charge is 2.32. The van der Waals surface area contributed by atoms with Crippen molar-refractivity contribution in [1.29, 1.82) is 0 Å². The highest BCUT2D eigenvalue weighted by molar-refractivity contribution is 7.16. The van der Waals surface area contributed by atoms with E-state index in [1.807, 2.05) is 24.3 Å². The van der Waals surface area contributed by atoms with Crippen molar-refractivity contribution in [3.05, 3.63) is 50.9 Å². The van der Waals surface area contributed by atoms with E-state index in [4.69, 9.17) is 11.6 Å². The number of carbonyl (C=O) groups excluding carboxylic acids is 1. The van der Waals surface area contributed by atoms with Crippen molar-refractivity contribution in [2.75, 3.05) is 18.9 Å². The summed E-state index contributed by atoms with van der Waals surface area (Å²) in [7, 11) is 2.12. The second kappa shape index (κ2) is 5.26. The van der Waals surface area contributed by atoms with Crippen molar-refractivity contribution in [3.8, 4) is 0 Å². The van der Waals surface area contributed by atoms with Gasteiger partial charge in [-0.3, -0.25) is 4.79 Å². The Morgan fingerprint density at radius 2 is 2.23 bits per heavy atom. The predicted molar refractivity (Wildman–Crippen MR) is 89.6 cm³/mol. The molecule has 2 N–H and O–H groups in total. The van der Waals surface area contributed by atoms with Gasteiger partial charge in [0.25, 0.3) is 5.91 Å². The molecule has 1 amide bonds. The Morgan fingerprint density at radius 1 is 1.36 bits per heavy atom. The number of carbonyl (C=O) groups is 1. The van der Waals surface area contributed by atoms with Crippen molar-refractivity contribution in [2.45, 2.75) is 19.1 Å². The van der Waals surface area contributed by atoms with Gasteiger partial charge < -0.3 is 15.5 Å². The van der Waals surface area contributed by atoms with Crippen LogP contribution in [-0.4, -0.2) is 24.4 Å². The maximum atomic E-state index is 12.6. The van der Waals surface area contributed by atoms with Crippen LogP contribution in [0.2, 0.25) is 5.02 Å². The molecule has 0 spiro atoms. The first-order valence-corrected chi connectivity index (χ1v) is 8.47. The van der Waals surface area contributed by atoms with Crippen LogP contribution >= 0.6 is 22.9 Å². The van der Waals surface area contributed by atoms with Crippen LogP contribution in [0.1, 0.15) is 32.5 Å². The number of likely N-dealkylation sites (N-methyl/N-ethyl adjacent to an activating group) is 1. The summed E-state index contributed by atoms with van der Waals surface area (Å²) in [5.74, 6) is 0.0146. The number of nitrogens with zero attached hydrogens (tertiary/aromatic N) is 1. The third-order valence-corrected chi connectivity index (χ3v) is 5.59. The first-order chi connectivity index (χ1) is 10.6. The van der Waals surface area contributed by atoms with E-state index in [1.54, 1.807) is 11.3 Å². The number of halogens is 1. The molecular weight excluding hydrogens is 318 g/mol. The lowest BCUT2D eigenvalue weighted by atomic mass is 10.0. The van der Waals surface area contributed by atoms with Crippen molar-refractivity contribution in [2.24, 2.45) is 0 Å². The molecule has 2 aliphatic rings. The molecular formula is C16H16ClN3OS. The Hall–Kier alpha value is -1.56. The number of amides is 1. The van der Waals surface area contributed by atoms with Crippen LogP contribution in [0.5, 0.6) is 0 Å². The van der Waals surface area contributed by atoms with Crippen LogP contribution < -0.4 is 10.6 Å². The zero-order valence-electron chi connectivity index (χ0n) is 12.1. The normalized spacial score (nSPS) is 20.8. The smallest absolute Gasteiger partial charge is 0.256 e. The first kappa shape index (κ1) is 14.1. The van der Waals surface area contributed by atoms with E-state index in [-0.39, 0.29) is 12.1 Å². The Kier molecular flexibility index (Phi) is 3.36. The molecule has 2 aliphatic heterocycles. The molecule has 6 heteroatoms. The van der Waals surface area contributed by atoms with Crippen molar-refractivity contribution < 1.29 is 4.79 Å². The van der Waals surface area contributed by atoms with Gasteiger partial charge in [0.15, 0.2) is 0 Å². The number of hydrogen-bond acceptors (Lipinski definition) is 4. The van der Waals surface area contributed by atoms with Gasteiger partial charge in [0, 0.05) is 23.0 Å². The fourth-order valence-electron chi connectivity index (χ4n) is 3.10. The average molecular weight is 334 g/mol. The molecule has 0 fully saturated rings. The first-order valence-electron chi connectivity index (χ1n) is 7.28. The largest absolute Gasteiger partial charge is 0.353 e. The van der Waals surface area contributed by atoms with Crippen molar-refractivity contribution in [3.63, 3.8) is 0 Å². The van der Waals surface area contributed by atoms with Gasteiger partial charge >= 0.3 is 0 Å². The van der Waals surface area contributed by atoms with E-state index in [2.05, 4.69) is 22.6 Å². The molecule has 3 heterocycles. The summed E-state index contributed by atoms with van der Waals surface area (Å²) in [5, 5.41) is 8.15. The fraction of sp³-hybridized carbons (Fsp3) is 0.312. The van der Waals surface area contributed by atoms with Crippen LogP contribution in [0.4, 0.5) is 5.00 Å². The molecule has 1 atom stereocenters. The number of rotatable bonds is 1. The Balaban J connectivity index is 1.71. The van der Waals surface area contributed by atoms with Gasteiger partial charge in [-0.05, 0) is 36.7 Å². The minimum Gasteiger partial charge on any atom is -0.353 e. The van der Waals surface area contributed by atoms with E-state index in [9.17, 15) is 4.79 Å². The van der Waals surface area contributed by atoms with E-state index in [0.29, 0.717) is 5.02 Å². The monoisotopic (exact) mass is 333 g/mol. The molecule has 1 unspecified atom stereocenters. The standard InChI is InChI=1S/C16H16ClN3OS/c1-20-6-5-11-12(8-20)22-16-13(11)15(21)18-14(19-16)9-3-2-4-10(17)7-9/h2-4,7,14,19H,5-6,8H2,1H3,(H,18,21). The van der Waals surface area contributed by atoms with Crippen LogP contribution in [0.3, 0.4) is 0 Å². The summed E-state index contributed by atoms with van der Waals surface area (Å²) >= 11 is 7.76. The molecule has 22 heavy (non-hydrogen) atoms. The summed E-state index contributed by atoms with van der Waals surface area (Å²) in [6.07, 6.45) is 0.714. The second-order valence-electron chi connectivity index (χ2n) is 5.80. The number of nitrogens with one attached hydrogen (secondary N) is 2. The zero-order valence-corrected chi connectivity index (χ0v) is 13.7. The number of anilines is 1. The quantitative estimate of drug-likeness (QED) is 0.842. The van der Waals surface area contributed by atoms with E-state index < -0.39 is 0 Å². The van der Waals surface area contributed by atoms with Gasteiger partial charge in [0.1, 0.15) is 11.2 Å². The van der Waals surface area contributed by atoms with Gasteiger partial charge in [0.2, 0.25) is 0 Å². The van der Waals surface area contributed by atoms with Crippen LogP contribution in [0.25, 0.3) is 0 Å². The van der Waals surface area contributed by atoms with Crippen LogP contribution in [-0.2, 0) is 13.0 Å². The molecule has 1 aromatic carbocycles. The Labute approximate surface area is 138 Å². The molecule has 0 radical (unpaired) electrons. The summed E-state index contributed by atoms with van der Waals surface area (Å²) in [5.41, 5.74) is 3.02. The average Bonchev–Trinajstić information content (AvgIpc) is 2.84. The van der Waals surface area contributed by atoms with Crippen molar-refractivity contribution in [1.82, 2.24) is 10.2 Å². The van der Waals surface area contributed by atoms with Crippen LogP contribution in [0, 0.1) is 0 Å². The molecule has 4 nitrogen and oxygen atoms in total. The molecule has 114 valence electrons. The third-order valence-electron chi connectivity index (χ3n) is 4.21. The zero-order chi connectivity index (χ0) is 15.3. The summed E-state index contributed by atoms with van der Waals surface area (Å²) in [6, 6.07) is 7.58. The lowest BCUT2D eigenvalue weighted by Crippen LogP contribution is -2.38. The van der Waals surface area contributed by atoms with Gasteiger partial charge in [-0.15, -0.1) is 11.3 Å². The van der Waals surface area contributed by atoms with E-state index in [0.717, 1.165) is 35.6 Å². The second-order valence-corrected chi connectivity index (χ2v) is 7.34. The minimum absolute atomic E-state index is 0.0146. The highest BCUT2D eigenvalue weighted by atomic mass is 35.5. The van der Waals surface area contributed by atoms with Gasteiger partial charge in [-0.25, -0.2) is 0 Å². The third kappa shape index (κ3) is 2.29. The van der Waals surface area contributed by atoms with Crippen molar-refractivity contribution >= 4 is 33.8 Å². The molecule has 0 saturated heterocycles. The lowest BCUT2D eigenvalue weighted by molar-refractivity contribution is 0.0935. The summed E-state index contributed by atoms with van der Waals surface area (Å²) in [4.78, 5) is 16.2. The fourth-order valence-corrected chi connectivity index (χ4v) is 4.65. The molecule has 0 saturated carbocycles.